The Morgan fingerprint density at radius 3 is 2.83 bits per heavy atom. The van der Waals surface area contributed by atoms with Gasteiger partial charge in [-0.15, -0.1) is 0 Å². The SMILES string of the molecule is Nc1cc(O)ccc1C=CCS. The van der Waals surface area contributed by atoms with Gasteiger partial charge in [0.05, 0.1) is 0 Å². The van der Waals surface area contributed by atoms with Gasteiger partial charge in [-0.05, 0) is 17.7 Å². The highest BCUT2D eigenvalue weighted by Crippen LogP contribution is 2.19. The van der Waals surface area contributed by atoms with Crippen LogP contribution in [0.5, 0.6) is 5.75 Å². The zero-order valence-corrected chi connectivity index (χ0v) is 7.46. The smallest absolute Gasteiger partial charge is 0.117 e. The third kappa shape index (κ3) is 2.20. The van der Waals surface area contributed by atoms with Crippen molar-refractivity contribution in [2.45, 2.75) is 0 Å². The minimum Gasteiger partial charge on any atom is -0.508 e. The van der Waals surface area contributed by atoms with Crippen LogP contribution in [0.3, 0.4) is 0 Å². The number of benzene rings is 1. The van der Waals surface area contributed by atoms with Crippen LogP contribution >= 0.6 is 12.6 Å². The number of aromatic hydroxyl groups is 1. The van der Waals surface area contributed by atoms with Gasteiger partial charge in [-0.2, -0.15) is 12.6 Å². The summed E-state index contributed by atoms with van der Waals surface area (Å²) < 4.78 is 0. The van der Waals surface area contributed by atoms with Crippen LogP contribution in [0.25, 0.3) is 6.08 Å². The topological polar surface area (TPSA) is 46.2 Å². The summed E-state index contributed by atoms with van der Waals surface area (Å²) in [5.74, 6) is 0.871. The molecule has 0 aliphatic carbocycles. The Bertz CT molecular complexity index is 297. The first-order valence-corrected chi connectivity index (χ1v) is 4.23. The van der Waals surface area contributed by atoms with Gasteiger partial charge in [-0.1, -0.05) is 12.2 Å². The molecule has 0 amide bonds. The highest BCUT2D eigenvalue weighted by atomic mass is 32.1. The average molecular weight is 181 g/mol. The summed E-state index contributed by atoms with van der Waals surface area (Å²) in [7, 11) is 0. The number of anilines is 1. The fraction of sp³-hybridized carbons (Fsp3) is 0.111. The van der Waals surface area contributed by atoms with Crippen molar-refractivity contribution in [3.05, 3.63) is 29.8 Å². The van der Waals surface area contributed by atoms with E-state index in [0.29, 0.717) is 11.4 Å². The second-order valence-corrected chi connectivity index (χ2v) is 2.76. The van der Waals surface area contributed by atoms with Crippen LogP contribution in [0.4, 0.5) is 5.69 Å². The van der Waals surface area contributed by atoms with E-state index in [1.165, 1.54) is 6.07 Å². The van der Waals surface area contributed by atoms with Gasteiger partial charge >= 0.3 is 0 Å². The molecule has 0 aliphatic heterocycles. The lowest BCUT2D eigenvalue weighted by Crippen LogP contribution is -1.87. The first-order valence-electron chi connectivity index (χ1n) is 3.60. The molecule has 12 heavy (non-hydrogen) atoms. The molecule has 0 spiro atoms. The molecule has 1 aromatic rings. The Balaban J connectivity index is 2.94. The first kappa shape index (κ1) is 9.00. The van der Waals surface area contributed by atoms with Crippen LogP contribution in [0.15, 0.2) is 24.3 Å². The number of thiol groups is 1. The molecule has 0 heterocycles. The van der Waals surface area contributed by atoms with Crippen molar-refractivity contribution in [3.63, 3.8) is 0 Å². The lowest BCUT2D eigenvalue weighted by Gasteiger charge is -1.99. The number of hydrogen-bond acceptors (Lipinski definition) is 3. The molecule has 0 unspecified atom stereocenters. The van der Waals surface area contributed by atoms with E-state index in [1.807, 2.05) is 12.2 Å². The van der Waals surface area contributed by atoms with Gasteiger partial charge in [0.2, 0.25) is 0 Å². The highest BCUT2D eigenvalue weighted by molar-refractivity contribution is 7.80. The molecule has 0 saturated carbocycles. The van der Waals surface area contributed by atoms with Crippen molar-refractivity contribution in [2.24, 2.45) is 0 Å². The van der Waals surface area contributed by atoms with Gasteiger partial charge in [-0.3, -0.25) is 0 Å². The molecule has 1 aromatic carbocycles. The van der Waals surface area contributed by atoms with Crippen molar-refractivity contribution in [1.82, 2.24) is 0 Å². The van der Waals surface area contributed by atoms with Crippen LogP contribution in [-0.4, -0.2) is 10.9 Å². The number of nitrogen functional groups attached to an aromatic ring is 1. The van der Waals surface area contributed by atoms with Crippen LogP contribution < -0.4 is 5.73 Å². The monoisotopic (exact) mass is 181 g/mol. The van der Waals surface area contributed by atoms with Crippen molar-refractivity contribution in [2.75, 3.05) is 11.5 Å². The third-order valence-corrected chi connectivity index (χ3v) is 1.68. The minimum absolute atomic E-state index is 0.190. The Morgan fingerprint density at radius 2 is 2.25 bits per heavy atom. The zero-order valence-electron chi connectivity index (χ0n) is 6.57. The average Bonchev–Trinajstić information content (AvgIpc) is 2.03. The van der Waals surface area contributed by atoms with Crippen molar-refractivity contribution < 1.29 is 5.11 Å². The molecule has 0 bridgehead atoms. The minimum atomic E-state index is 0.190. The normalized spacial score (nSPS) is 10.8. The molecular formula is C9H11NOS. The molecule has 64 valence electrons. The van der Waals surface area contributed by atoms with Crippen molar-refractivity contribution >= 4 is 24.4 Å². The largest absolute Gasteiger partial charge is 0.508 e. The molecule has 0 radical (unpaired) electrons. The van der Waals surface area contributed by atoms with Crippen LogP contribution in [0, 0.1) is 0 Å². The summed E-state index contributed by atoms with van der Waals surface area (Å²) in [6.07, 6.45) is 3.77. The Labute approximate surface area is 77.1 Å². The molecular weight excluding hydrogens is 170 g/mol. The predicted molar refractivity (Wildman–Crippen MR) is 55.4 cm³/mol. The molecule has 3 N–H and O–H groups in total. The zero-order chi connectivity index (χ0) is 8.97. The number of phenols is 1. The maximum absolute atomic E-state index is 9.04. The van der Waals surface area contributed by atoms with E-state index >= 15 is 0 Å². The van der Waals surface area contributed by atoms with E-state index < -0.39 is 0 Å². The standard InChI is InChI=1S/C9H11NOS/c10-9-6-8(11)4-3-7(9)2-1-5-12/h1-4,6,11-12H,5,10H2. The van der Waals surface area contributed by atoms with E-state index in [9.17, 15) is 0 Å². The summed E-state index contributed by atoms with van der Waals surface area (Å²) in [5, 5.41) is 9.04. The van der Waals surface area contributed by atoms with Gasteiger partial charge in [0, 0.05) is 17.5 Å². The second-order valence-electron chi connectivity index (χ2n) is 2.40. The summed E-state index contributed by atoms with van der Waals surface area (Å²) >= 11 is 4.03. The van der Waals surface area contributed by atoms with E-state index in [4.69, 9.17) is 10.8 Å². The lowest BCUT2D eigenvalue weighted by atomic mass is 10.1. The summed E-state index contributed by atoms with van der Waals surface area (Å²) in [5.41, 5.74) is 7.11. The quantitative estimate of drug-likeness (QED) is 0.482. The molecule has 1 rings (SSSR count). The molecule has 0 aliphatic rings. The van der Waals surface area contributed by atoms with E-state index in [0.717, 1.165) is 5.56 Å². The van der Waals surface area contributed by atoms with Gasteiger partial charge in [-0.25, -0.2) is 0 Å². The predicted octanol–water partition coefficient (Wildman–Crippen LogP) is 1.92. The highest BCUT2D eigenvalue weighted by Gasteiger charge is 1.94. The molecule has 0 atom stereocenters. The van der Waals surface area contributed by atoms with Crippen LogP contribution in [-0.2, 0) is 0 Å². The first-order chi connectivity index (χ1) is 5.74. The van der Waals surface area contributed by atoms with Gasteiger partial charge in [0.25, 0.3) is 0 Å². The Kier molecular flexibility index (Phi) is 3.05. The molecule has 2 nitrogen and oxygen atoms in total. The fourth-order valence-corrected chi connectivity index (χ4v) is 0.999. The molecule has 0 saturated heterocycles. The number of phenolic OH excluding ortho intramolecular Hbond substituents is 1. The van der Waals surface area contributed by atoms with Gasteiger partial charge in [0.1, 0.15) is 5.75 Å². The Morgan fingerprint density at radius 1 is 1.50 bits per heavy atom. The van der Waals surface area contributed by atoms with E-state index in [2.05, 4.69) is 12.6 Å². The summed E-state index contributed by atoms with van der Waals surface area (Å²) in [4.78, 5) is 0. The number of rotatable bonds is 2. The lowest BCUT2D eigenvalue weighted by molar-refractivity contribution is 0.475. The van der Waals surface area contributed by atoms with E-state index in [1.54, 1.807) is 12.1 Å². The van der Waals surface area contributed by atoms with Crippen LogP contribution in [0.2, 0.25) is 0 Å². The number of hydrogen-bond donors (Lipinski definition) is 3. The van der Waals surface area contributed by atoms with Crippen molar-refractivity contribution in [3.8, 4) is 5.75 Å². The molecule has 3 heteroatoms. The van der Waals surface area contributed by atoms with Gasteiger partial charge in [0.15, 0.2) is 0 Å². The maximum Gasteiger partial charge on any atom is 0.117 e. The van der Waals surface area contributed by atoms with E-state index in [-0.39, 0.29) is 5.75 Å². The van der Waals surface area contributed by atoms with Gasteiger partial charge < -0.3 is 10.8 Å². The summed E-state index contributed by atoms with van der Waals surface area (Å²) in [6, 6.07) is 4.90. The fourth-order valence-electron chi connectivity index (χ4n) is 0.894. The van der Waals surface area contributed by atoms with Crippen molar-refractivity contribution in [1.29, 1.82) is 0 Å². The summed E-state index contributed by atoms with van der Waals surface area (Å²) in [6.45, 7) is 0. The third-order valence-electron chi connectivity index (χ3n) is 1.47. The molecule has 0 fully saturated rings. The maximum atomic E-state index is 9.04. The second kappa shape index (κ2) is 4.07. The molecule has 0 aromatic heterocycles. The van der Waals surface area contributed by atoms with Crippen LogP contribution in [0.1, 0.15) is 5.56 Å². The Hall–Kier alpha value is -1.09. The number of nitrogens with two attached hydrogens (primary N) is 1.